The van der Waals surface area contributed by atoms with Gasteiger partial charge in [0.15, 0.2) is 10.8 Å². The van der Waals surface area contributed by atoms with Crippen molar-refractivity contribution >= 4 is 40.5 Å². The summed E-state index contributed by atoms with van der Waals surface area (Å²) in [6.45, 7) is 3.78. The summed E-state index contributed by atoms with van der Waals surface area (Å²) in [6, 6.07) is 5.89. The Morgan fingerprint density at radius 2 is 1.89 bits per heavy atom. The fraction of sp³-hybridized carbons (Fsp3) is 0.400. The van der Waals surface area contributed by atoms with Gasteiger partial charge in [-0.1, -0.05) is 33.1 Å². The Morgan fingerprint density at radius 1 is 1.19 bits per heavy atom. The van der Waals surface area contributed by atoms with Crippen molar-refractivity contribution < 1.29 is 27.2 Å². The third-order valence-electron chi connectivity index (χ3n) is 6.24. The van der Waals surface area contributed by atoms with E-state index in [0.717, 1.165) is 23.6 Å². The molecule has 1 saturated heterocycles. The molecular weight excluding hydrogens is 510 g/mol. The number of halogens is 4. The third-order valence-corrected chi connectivity index (χ3v) is 6.61. The molecule has 1 aliphatic rings. The van der Waals surface area contributed by atoms with Crippen LogP contribution >= 0.6 is 12.2 Å². The predicted octanol–water partition coefficient (Wildman–Crippen LogP) is 5.34. The molecule has 0 spiro atoms. The summed E-state index contributed by atoms with van der Waals surface area (Å²) in [6.07, 6.45) is -1.46. The summed E-state index contributed by atoms with van der Waals surface area (Å²) in [4.78, 5) is 32.0. The minimum absolute atomic E-state index is 0.152. The number of thiocarbonyl (C=S) groups is 1. The second kappa shape index (κ2) is 10.8. The van der Waals surface area contributed by atoms with Crippen LogP contribution in [0.1, 0.15) is 67.6 Å². The van der Waals surface area contributed by atoms with Crippen LogP contribution in [0, 0.1) is 17.1 Å². The van der Waals surface area contributed by atoms with Crippen LogP contribution in [0.4, 0.5) is 28.9 Å². The molecule has 0 bridgehead atoms. The standard InChI is InChI=1S/C25H25F4N5O2S/c1-4-6-10-24(9-5-2)22(36)33(16-11-18(25(27,28)29)20(13-30)32-14-16)23(37)34(24)15-7-8-17(19(26)12-15)21(35)31-3/h7-8,11-12,14H,4-6,9-10H2,1-3H3,(H,31,35). The van der Waals surface area contributed by atoms with Crippen LogP contribution in [0.25, 0.3) is 0 Å². The number of carbonyl (C=O) groups excluding carboxylic acids is 2. The van der Waals surface area contributed by atoms with Crippen LogP contribution in [0.2, 0.25) is 0 Å². The van der Waals surface area contributed by atoms with Gasteiger partial charge in [0.05, 0.1) is 23.0 Å². The van der Waals surface area contributed by atoms with E-state index in [-0.39, 0.29) is 28.5 Å². The molecule has 7 nitrogen and oxygen atoms in total. The van der Waals surface area contributed by atoms with E-state index >= 15 is 0 Å². The molecule has 1 atom stereocenters. The van der Waals surface area contributed by atoms with Gasteiger partial charge in [0, 0.05) is 12.7 Å². The molecule has 1 fully saturated rings. The van der Waals surface area contributed by atoms with Crippen molar-refractivity contribution in [3.8, 4) is 6.07 Å². The number of unbranched alkanes of at least 4 members (excludes halogenated alkanes) is 1. The lowest BCUT2D eigenvalue weighted by Gasteiger charge is -2.36. The number of nitrogens with one attached hydrogen (secondary N) is 1. The van der Waals surface area contributed by atoms with Crippen molar-refractivity contribution in [2.75, 3.05) is 16.8 Å². The lowest BCUT2D eigenvalue weighted by atomic mass is 9.85. The summed E-state index contributed by atoms with van der Waals surface area (Å²) in [7, 11) is 1.36. The molecule has 37 heavy (non-hydrogen) atoms. The number of anilines is 2. The van der Waals surface area contributed by atoms with Gasteiger partial charge in [0.25, 0.3) is 11.8 Å². The molecule has 2 heterocycles. The highest BCUT2D eigenvalue weighted by Crippen LogP contribution is 2.43. The Kier molecular flexibility index (Phi) is 8.17. The monoisotopic (exact) mass is 535 g/mol. The minimum Gasteiger partial charge on any atom is -0.355 e. The normalized spacial score (nSPS) is 17.8. The van der Waals surface area contributed by atoms with E-state index in [0.29, 0.717) is 25.3 Å². The fourth-order valence-electron chi connectivity index (χ4n) is 4.55. The van der Waals surface area contributed by atoms with Crippen molar-refractivity contribution in [3.63, 3.8) is 0 Å². The second-order valence-electron chi connectivity index (χ2n) is 8.59. The fourth-order valence-corrected chi connectivity index (χ4v) is 5.02. The highest BCUT2D eigenvalue weighted by atomic mass is 32.1. The summed E-state index contributed by atoms with van der Waals surface area (Å²) in [5, 5.41) is 11.3. The zero-order valence-corrected chi connectivity index (χ0v) is 21.3. The minimum atomic E-state index is -4.89. The van der Waals surface area contributed by atoms with Gasteiger partial charge >= 0.3 is 6.18 Å². The van der Waals surface area contributed by atoms with Crippen LogP contribution < -0.4 is 15.1 Å². The number of aromatic nitrogens is 1. The summed E-state index contributed by atoms with van der Waals surface area (Å²) in [5.41, 5.74) is -3.69. The number of nitrogens with zero attached hydrogens (tertiary/aromatic N) is 4. The van der Waals surface area contributed by atoms with E-state index in [1.54, 1.807) is 0 Å². The van der Waals surface area contributed by atoms with Gasteiger partial charge in [-0.3, -0.25) is 14.5 Å². The van der Waals surface area contributed by atoms with Gasteiger partial charge in [-0.05, 0) is 49.3 Å². The van der Waals surface area contributed by atoms with E-state index < -0.39 is 40.6 Å². The molecule has 2 aromatic rings. The van der Waals surface area contributed by atoms with Crippen LogP contribution in [0.15, 0.2) is 30.5 Å². The van der Waals surface area contributed by atoms with Crippen LogP contribution in [0.5, 0.6) is 0 Å². The van der Waals surface area contributed by atoms with E-state index in [1.165, 1.54) is 30.1 Å². The molecule has 2 amide bonds. The smallest absolute Gasteiger partial charge is 0.355 e. The molecule has 0 radical (unpaired) electrons. The number of benzene rings is 1. The number of nitriles is 1. The van der Waals surface area contributed by atoms with Crippen molar-refractivity contribution in [2.45, 2.75) is 57.7 Å². The van der Waals surface area contributed by atoms with Crippen LogP contribution in [0.3, 0.4) is 0 Å². The van der Waals surface area contributed by atoms with Gasteiger partial charge < -0.3 is 10.2 Å². The number of pyridine rings is 1. The van der Waals surface area contributed by atoms with Gasteiger partial charge in [-0.15, -0.1) is 0 Å². The van der Waals surface area contributed by atoms with Crippen molar-refractivity contribution in [1.29, 1.82) is 5.26 Å². The zero-order chi connectivity index (χ0) is 27.5. The first-order chi connectivity index (χ1) is 17.5. The Balaban J connectivity index is 2.23. The molecule has 1 aromatic carbocycles. The topological polar surface area (TPSA) is 89.3 Å². The lowest BCUT2D eigenvalue weighted by molar-refractivity contribution is -0.138. The average Bonchev–Trinajstić information content (AvgIpc) is 3.07. The van der Waals surface area contributed by atoms with E-state index in [1.807, 2.05) is 13.8 Å². The maximum atomic E-state index is 14.9. The predicted molar refractivity (Wildman–Crippen MR) is 133 cm³/mol. The van der Waals surface area contributed by atoms with Gasteiger partial charge in [0.1, 0.15) is 17.4 Å². The van der Waals surface area contributed by atoms with E-state index in [2.05, 4.69) is 10.3 Å². The molecule has 0 saturated carbocycles. The largest absolute Gasteiger partial charge is 0.419 e. The zero-order valence-electron chi connectivity index (χ0n) is 20.4. The number of carbonyl (C=O) groups is 2. The number of amides is 2. The SMILES string of the molecule is CCCCC1(CCC)C(=O)N(c2cnc(C#N)c(C(F)(F)F)c2)C(=S)N1c1ccc(C(=O)NC)c(F)c1. The molecule has 3 rings (SSSR count). The highest BCUT2D eigenvalue weighted by molar-refractivity contribution is 7.81. The quantitative estimate of drug-likeness (QED) is 0.363. The Morgan fingerprint density at radius 3 is 2.43 bits per heavy atom. The molecule has 196 valence electrons. The maximum absolute atomic E-state index is 14.9. The molecule has 1 aliphatic heterocycles. The first-order valence-electron chi connectivity index (χ1n) is 11.6. The first kappa shape index (κ1) is 28.0. The highest BCUT2D eigenvalue weighted by Gasteiger charge is 2.55. The van der Waals surface area contributed by atoms with Crippen molar-refractivity contribution in [3.05, 3.63) is 53.1 Å². The second-order valence-corrected chi connectivity index (χ2v) is 8.95. The van der Waals surface area contributed by atoms with Crippen LogP contribution in [-0.4, -0.2) is 34.5 Å². The molecule has 1 aromatic heterocycles. The Labute approximate surface area is 217 Å². The van der Waals surface area contributed by atoms with Gasteiger partial charge in [-0.2, -0.15) is 18.4 Å². The van der Waals surface area contributed by atoms with E-state index in [9.17, 15) is 27.2 Å². The molecule has 1 N–H and O–H groups in total. The number of alkyl halides is 3. The Bertz CT molecular complexity index is 1280. The average molecular weight is 536 g/mol. The van der Waals surface area contributed by atoms with Gasteiger partial charge in [0.2, 0.25) is 0 Å². The maximum Gasteiger partial charge on any atom is 0.419 e. The molecular formula is C25H25F4N5O2S. The van der Waals surface area contributed by atoms with Crippen molar-refractivity contribution in [1.82, 2.24) is 10.3 Å². The van der Waals surface area contributed by atoms with E-state index in [4.69, 9.17) is 17.5 Å². The molecule has 0 aliphatic carbocycles. The number of hydrogen-bond acceptors (Lipinski definition) is 5. The van der Waals surface area contributed by atoms with Crippen molar-refractivity contribution in [2.24, 2.45) is 0 Å². The first-order valence-corrected chi connectivity index (χ1v) is 12.0. The number of hydrogen-bond donors (Lipinski definition) is 1. The Hall–Kier alpha value is -3.59. The molecule has 12 heteroatoms. The lowest BCUT2D eigenvalue weighted by Crippen LogP contribution is -2.50. The summed E-state index contributed by atoms with van der Waals surface area (Å²) in [5.74, 6) is -2.05. The summed E-state index contributed by atoms with van der Waals surface area (Å²) >= 11 is 5.62. The van der Waals surface area contributed by atoms with Gasteiger partial charge in [-0.25, -0.2) is 9.37 Å². The summed E-state index contributed by atoms with van der Waals surface area (Å²) < 4.78 is 55.9. The van der Waals surface area contributed by atoms with Crippen LogP contribution in [-0.2, 0) is 11.0 Å². The third kappa shape index (κ3) is 5.00. The molecule has 1 unspecified atom stereocenters. The number of rotatable bonds is 8.